The Hall–Kier alpha value is -3.00. The van der Waals surface area contributed by atoms with Crippen molar-refractivity contribution in [2.24, 2.45) is 0 Å². The van der Waals surface area contributed by atoms with Crippen LogP contribution in [0.4, 0.5) is 0 Å². The third-order valence-corrected chi connectivity index (χ3v) is 6.89. The molecule has 0 spiro atoms. The molecule has 0 unspecified atom stereocenters. The third kappa shape index (κ3) is 6.28. The standard InChI is InChI=1S/C26H29N3O3S/c1-33(31,32)25-10-4-9-24(17-25)26(30)28-18-20-5-2-7-22(15-20)23-8-3-6-21(16-23)19-29-13-11-27-12-14-29/h2-10,15-17,27H,11-14,18-19H2,1H3,(H,28,30). The zero-order chi connectivity index (χ0) is 23.3. The fourth-order valence-corrected chi connectivity index (χ4v) is 4.66. The molecule has 1 aliphatic heterocycles. The van der Waals surface area contributed by atoms with Gasteiger partial charge in [-0.1, -0.05) is 42.5 Å². The molecule has 3 aromatic rings. The highest BCUT2D eigenvalue weighted by Crippen LogP contribution is 2.22. The molecule has 7 heteroatoms. The third-order valence-electron chi connectivity index (χ3n) is 5.78. The fourth-order valence-electron chi connectivity index (χ4n) is 3.99. The molecule has 4 rings (SSSR count). The summed E-state index contributed by atoms with van der Waals surface area (Å²) in [5.41, 5.74) is 4.85. The summed E-state index contributed by atoms with van der Waals surface area (Å²) in [6.07, 6.45) is 1.13. The normalized spacial score (nSPS) is 14.7. The predicted molar refractivity (Wildman–Crippen MR) is 131 cm³/mol. The van der Waals surface area contributed by atoms with Gasteiger partial charge in [0.25, 0.3) is 5.91 Å². The van der Waals surface area contributed by atoms with Crippen molar-refractivity contribution in [3.05, 3.63) is 89.5 Å². The first kappa shape index (κ1) is 23.2. The van der Waals surface area contributed by atoms with Gasteiger partial charge in [0, 0.05) is 51.1 Å². The molecule has 172 valence electrons. The zero-order valence-corrected chi connectivity index (χ0v) is 19.6. The summed E-state index contributed by atoms with van der Waals surface area (Å²) >= 11 is 0. The summed E-state index contributed by atoms with van der Waals surface area (Å²) < 4.78 is 23.5. The van der Waals surface area contributed by atoms with Crippen LogP contribution in [0, 0.1) is 0 Å². The minimum absolute atomic E-state index is 0.137. The van der Waals surface area contributed by atoms with E-state index in [9.17, 15) is 13.2 Å². The van der Waals surface area contributed by atoms with Crippen molar-refractivity contribution < 1.29 is 13.2 Å². The molecule has 0 saturated carbocycles. The SMILES string of the molecule is CS(=O)(=O)c1cccc(C(=O)NCc2cccc(-c3cccc(CN4CCNCC4)c3)c2)c1. The molecule has 2 N–H and O–H groups in total. The van der Waals surface area contributed by atoms with E-state index < -0.39 is 9.84 Å². The lowest BCUT2D eigenvalue weighted by atomic mass is 10.0. The molecule has 1 amide bonds. The average Bonchev–Trinajstić information content (AvgIpc) is 2.83. The van der Waals surface area contributed by atoms with Gasteiger partial charge < -0.3 is 10.6 Å². The number of carbonyl (C=O) groups excluding carboxylic acids is 1. The summed E-state index contributed by atoms with van der Waals surface area (Å²) in [6, 6.07) is 22.8. The molecular formula is C26H29N3O3S. The van der Waals surface area contributed by atoms with E-state index in [1.54, 1.807) is 12.1 Å². The van der Waals surface area contributed by atoms with Crippen molar-refractivity contribution in [3.8, 4) is 11.1 Å². The van der Waals surface area contributed by atoms with Crippen LogP contribution in [0.3, 0.4) is 0 Å². The summed E-state index contributed by atoms with van der Waals surface area (Å²) in [7, 11) is -3.36. The first-order valence-corrected chi connectivity index (χ1v) is 13.0. The number of hydrogen-bond acceptors (Lipinski definition) is 5. The minimum atomic E-state index is -3.36. The molecule has 0 radical (unpaired) electrons. The second-order valence-electron chi connectivity index (χ2n) is 8.41. The molecule has 1 aliphatic rings. The molecule has 1 heterocycles. The van der Waals surface area contributed by atoms with Crippen LogP contribution in [0.2, 0.25) is 0 Å². The van der Waals surface area contributed by atoms with Crippen molar-refractivity contribution in [2.75, 3.05) is 32.4 Å². The van der Waals surface area contributed by atoms with Gasteiger partial charge in [0.2, 0.25) is 0 Å². The van der Waals surface area contributed by atoms with Crippen LogP contribution in [-0.2, 0) is 22.9 Å². The number of nitrogens with zero attached hydrogens (tertiary/aromatic N) is 1. The highest BCUT2D eigenvalue weighted by Gasteiger charge is 2.12. The highest BCUT2D eigenvalue weighted by atomic mass is 32.2. The lowest BCUT2D eigenvalue weighted by Crippen LogP contribution is -2.42. The van der Waals surface area contributed by atoms with Gasteiger partial charge in [0.15, 0.2) is 9.84 Å². The summed E-state index contributed by atoms with van der Waals surface area (Å²) in [5.74, 6) is -0.302. The Labute approximate surface area is 195 Å². The monoisotopic (exact) mass is 463 g/mol. The fraction of sp³-hybridized carbons (Fsp3) is 0.269. The van der Waals surface area contributed by atoms with E-state index in [2.05, 4.69) is 51.9 Å². The van der Waals surface area contributed by atoms with Crippen LogP contribution < -0.4 is 10.6 Å². The van der Waals surface area contributed by atoms with E-state index in [1.165, 1.54) is 17.7 Å². The smallest absolute Gasteiger partial charge is 0.251 e. The second kappa shape index (κ2) is 10.3. The van der Waals surface area contributed by atoms with Crippen LogP contribution in [0.1, 0.15) is 21.5 Å². The number of benzene rings is 3. The number of sulfone groups is 1. The molecule has 6 nitrogen and oxygen atoms in total. The lowest BCUT2D eigenvalue weighted by molar-refractivity contribution is 0.0950. The van der Waals surface area contributed by atoms with Crippen molar-refractivity contribution in [3.63, 3.8) is 0 Å². The van der Waals surface area contributed by atoms with E-state index in [0.717, 1.165) is 55.7 Å². The van der Waals surface area contributed by atoms with Crippen LogP contribution in [0.15, 0.2) is 77.7 Å². The van der Waals surface area contributed by atoms with Gasteiger partial charge >= 0.3 is 0 Å². The van der Waals surface area contributed by atoms with E-state index in [0.29, 0.717) is 12.1 Å². The molecule has 0 aliphatic carbocycles. The first-order chi connectivity index (χ1) is 15.9. The maximum absolute atomic E-state index is 12.6. The van der Waals surface area contributed by atoms with Crippen molar-refractivity contribution in [1.29, 1.82) is 0 Å². The Morgan fingerprint density at radius 1 is 0.909 bits per heavy atom. The molecule has 1 saturated heterocycles. The number of carbonyl (C=O) groups is 1. The van der Waals surface area contributed by atoms with Gasteiger partial charge in [0.05, 0.1) is 4.90 Å². The first-order valence-electron chi connectivity index (χ1n) is 11.1. The summed E-state index contributed by atoms with van der Waals surface area (Å²) in [5, 5.41) is 6.28. The zero-order valence-electron chi connectivity index (χ0n) is 18.8. The van der Waals surface area contributed by atoms with E-state index in [-0.39, 0.29) is 10.8 Å². The van der Waals surface area contributed by atoms with Crippen LogP contribution in [0.5, 0.6) is 0 Å². The maximum atomic E-state index is 12.6. The molecule has 3 aromatic carbocycles. The minimum Gasteiger partial charge on any atom is -0.348 e. The number of hydrogen-bond donors (Lipinski definition) is 2. The van der Waals surface area contributed by atoms with E-state index >= 15 is 0 Å². The predicted octanol–water partition coefficient (Wildman–Crippen LogP) is 3.09. The van der Waals surface area contributed by atoms with E-state index in [4.69, 9.17) is 0 Å². The van der Waals surface area contributed by atoms with Crippen molar-refractivity contribution in [2.45, 2.75) is 18.0 Å². The Balaban J connectivity index is 1.43. The molecule has 0 atom stereocenters. The van der Waals surface area contributed by atoms with Crippen molar-refractivity contribution in [1.82, 2.24) is 15.5 Å². The number of nitrogens with one attached hydrogen (secondary N) is 2. The van der Waals surface area contributed by atoms with E-state index in [1.807, 2.05) is 12.1 Å². The number of rotatable bonds is 7. The van der Waals surface area contributed by atoms with Crippen LogP contribution in [0.25, 0.3) is 11.1 Å². The topological polar surface area (TPSA) is 78.5 Å². The summed E-state index contributed by atoms with van der Waals surface area (Å²) in [4.78, 5) is 15.2. The Morgan fingerprint density at radius 2 is 1.55 bits per heavy atom. The molecule has 0 aromatic heterocycles. The van der Waals surface area contributed by atoms with Gasteiger partial charge in [-0.3, -0.25) is 9.69 Å². The van der Waals surface area contributed by atoms with Crippen molar-refractivity contribution >= 4 is 15.7 Å². The van der Waals surface area contributed by atoms with Gasteiger partial charge in [-0.05, 0) is 52.6 Å². The molecule has 33 heavy (non-hydrogen) atoms. The average molecular weight is 464 g/mol. The number of amides is 1. The van der Waals surface area contributed by atoms with Gasteiger partial charge in [-0.15, -0.1) is 0 Å². The molecule has 1 fully saturated rings. The Morgan fingerprint density at radius 3 is 2.24 bits per heavy atom. The quantitative estimate of drug-likeness (QED) is 0.563. The van der Waals surface area contributed by atoms with Gasteiger partial charge in [-0.25, -0.2) is 8.42 Å². The molecule has 0 bridgehead atoms. The Kier molecular flexibility index (Phi) is 7.23. The van der Waals surface area contributed by atoms with Gasteiger partial charge in [-0.2, -0.15) is 0 Å². The second-order valence-corrected chi connectivity index (χ2v) is 10.4. The van der Waals surface area contributed by atoms with Crippen LogP contribution in [-0.4, -0.2) is 51.7 Å². The van der Waals surface area contributed by atoms with Crippen LogP contribution >= 0.6 is 0 Å². The largest absolute Gasteiger partial charge is 0.348 e. The lowest BCUT2D eigenvalue weighted by Gasteiger charge is -2.27. The number of piperazine rings is 1. The Bertz CT molecular complexity index is 1230. The van der Waals surface area contributed by atoms with Gasteiger partial charge in [0.1, 0.15) is 0 Å². The molecular weight excluding hydrogens is 434 g/mol. The summed E-state index contributed by atoms with van der Waals surface area (Å²) in [6.45, 7) is 5.49. The maximum Gasteiger partial charge on any atom is 0.251 e. The highest BCUT2D eigenvalue weighted by molar-refractivity contribution is 7.90.